The van der Waals surface area contributed by atoms with E-state index in [9.17, 15) is 22.0 Å². The molecular weight excluding hydrogens is 554 g/mol. The molecule has 7 nitrogen and oxygen atoms in total. The second kappa shape index (κ2) is 13.3. The Bertz CT molecular complexity index is 1340. The van der Waals surface area contributed by atoms with Gasteiger partial charge in [-0.25, -0.2) is 22.2 Å². The molecule has 0 bridgehead atoms. The third kappa shape index (κ3) is 7.69. The number of carbonyl (C=O) groups is 1. The summed E-state index contributed by atoms with van der Waals surface area (Å²) in [6.45, 7) is 9.42. The molecule has 0 aliphatic heterocycles. The number of thiazole rings is 1. The number of amides is 1. The second-order valence-corrected chi connectivity index (χ2v) is 13.1. The average Bonchev–Trinajstić information content (AvgIpc) is 3.22. The first-order valence-corrected chi connectivity index (χ1v) is 14.4. The first-order chi connectivity index (χ1) is 17.3. The molecule has 3 aromatic rings. The molecule has 0 fully saturated rings. The van der Waals surface area contributed by atoms with E-state index in [2.05, 4.69) is 4.98 Å². The summed E-state index contributed by atoms with van der Waals surface area (Å²) in [7, 11) is -0.0256. The summed E-state index contributed by atoms with van der Waals surface area (Å²) in [6, 6.07) is 7.79. The van der Waals surface area contributed by atoms with E-state index in [1.807, 2.05) is 46.7 Å². The summed E-state index contributed by atoms with van der Waals surface area (Å²) in [4.78, 5) is 21.2. The van der Waals surface area contributed by atoms with Crippen molar-refractivity contribution in [3.63, 3.8) is 0 Å². The van der Waals surface area contributed by atoms with Crippen molar-refractivity contribution < 1.29 is 22.0 Å². The van der Waals surface area contributed by atoms with Crippen molar-refractivity contribution in [2.45, 2.75) is 32.6 Å². The molecule has 0 saturated heterocycles. The van der Waals surface area contributed by atoms with E-state index in [-0.39, 0.29) is 51.9 Å². The fourth-order valence-electron chi connectivity index (χ4n) is 3.80. The van der Waals surface area contributed by atoms with E-state index >= 15 is 0 Å². The molecule has 12 heteroatoms. The van der Waals surface area contributed by atoms with E-state index in [0.717, 1.165) is 17.4 Å². The Kier molecular flexibility index (Phi) is 11.2. The van der Waals surface area contributed by atoms with E-state index in [4.69, 9.17) is 0 Å². The third-order valence-corrected chi connectivity index (χ3v) is 8.40. The molecule has 0 N–H and O–H groups in total. The summed E-state index contributed by atoms with van der Waals surface area (Å²) in [5.41, 5.74) is 0.267. The molecule has 0 unspecified atom stereocenters. The van der Waals surface area contributed by atoms with Crippen LogP contribution in [0.3, 0.4) is 0 Å². The predicted octanol–water partition coefficient (Wildman–Crippen LogP) is 5.51. The highest BCUT2D eigenvalue weighted by atomic mass is 35.5. The van der Waals surface area contributed by atoms with Gasteiger partial charge in [0.1, 0.15) is 11.3 Å². The maximum absolute atomic E-state index is 14.3. The van der Waals surface area contributed by atoms with Gasteiger partial charge < -0.3 is 4.90 Å². The van der Waals surface area contributed by atoms with Crippen molar-refractivity contribution in [1.82, 2.24) is 14.2 Å². The fourth-order valence-corrected chi connectivity index (χ4v) is 6.60. The SMILES string of the molecule is CC(C)CN(CC(C)C)S(=O)(=O)c1ccc(C(=O)N(CCN(C)C)c2nc3c(F)cc(F)cc3s2)cc1.Cl. The zero-order valence-corrected chi connectivity index (χ0v) is 24.9. The Morgan fingerprint density at radius 1 is 0.974 bits per heavy atom. The number of halogens is 3. The maximum Gasteiger partial charge on any atom is 0.260 e. The zero-order valence-electron chi connectivity index (χ0n) is 22.4. The van der Waals surface area contributed by atoms with Gasteiger partial charge in [-0.2, -0.15) is 4.31 Å². The van der Waals surface area contributed by atoms with Crippen LogP contribution in [0.15, 0.2) is 41.3 Å². The lowest BCUT2D eigenvalue weighted by Gasteiger charge is -2.26. The van der Waals surface area contributed by atoms with Gasteiger partial charge in [-0.15, -0.1) is 12.4 Å². The average molecular weight is 589 g/mol. The molecule has 0 saturated carbocycles. The van der Waals surface area contributed by atoms with Gasteiger partial charge in [-0.3, -0.25) is 9.69 Å². The van der Waals surface area contributed by atoms with Gasteiger partial charge in [0.25, 0.3) is 5.91 Å². The summed E-state index contributed by atoms with van der Waals surface area (Å²) < 4.78 is 56.4. The topological polar surface area (TPSA) is 73.8 Å². The molecule has 0 aliphatic rings. The van der Waals surface area contributed by atoms with Crippen LogP contribution in [0, 0.1) is 23.5 Å². The summed E-state index contributed by atoms with van der Waals surface area (Å²) in [5.74, 6) is -1.60. The first kappa shape index (κ1) is 32.0. The van der Waals surface area contributed by atoms with Crippen LogP contribution in [0.2, 0.25) is 0 Å². The smallest absolute Gasteiger partial charge is 0.260 e. The molecule has 1 aromatic heterocycles. The number of rotatable bonds is 11. The van der Waals surface area contributed by atoms with Crippen molar-refractivity contribution in [3.05, 3.63) is 53.6 Å². The van der Waals surface area contributed by atoms with Crippen LogP contribution in [-0.4, -0.2) is 68.8 Å². The number of carbonyl (C=O) groups excluding carboxylic acids is 1. The minimum Gasteiger partial charge on any atom is -0.308 e. The molecule has 3 rings (SSSR count). The van der Waals surface area contributed by atoms with Gasteiger partial charge in [0.2, 0.25) is 10.0 Å². The number of aromatic nitrogens is 1. The van der Waals surface area contributed by atoms with Gasteiger partial charge in [0.05, 0.1) is 9.60 Å². The summed E-state index contributed by atoms with van der Waals surface area (Å²) in [6.07, 6.45) is 0. The summed E-state index contributed by atoms with van der Waals surface area (Å²) in [5, 5.41) is 0.239. The number of benzene rings is 2. The molecule has 210 valence electrons. The molecule has 38 heavy (non-hydrogen) atoms. The third-order valence-electron chi connectivity index (χ3n) is 5.53. The van der Waals surface area contributed by atoms with Crippen LogP contribution in [0.1, 0.15) is 38.1 Å². The molecule has 1 heterocycles. The normalized spacial score (nSPS) is 12.1. The van der Waals surface area contributed by atoms with Crippen LogP contribution in [0.5, 0.6) is 0 Å². The quantitative estimate of drug-likeness (QED) is 0.295. The van der Waals surface area contributed by atoms with Crippen LogP contribution in [0.4, 0.5) is 13.9 Å². The van der Waals surface area contributed by atoms with Crippen molar-refractivity contribution in [2.24, 2.45) is 11.8 Å². The highest BCUT2D eigenvalue weighted by Crippen LogP contribution is 2.32. The molecule has 0 aliphatic carbocycles. The number of hydrogen-bond acceptors (Lipinski definition) is 6. The van der Waals surface area contributed by atoms with Crippen LogP contribution in [0.25, 0.3) is 10.2 Å². The molecule has 0 spiro atoms. The number of hydrogen-bond donors (Lipinski definition) is 0. The Morgan fingerprint density at radius 2 is 1.55 bits per heavy atom. The number of likely N-dealkylation sites (N-methyl/N-ethyl adjacent to an activating group) is 1. The predicted molar refractivity (Wildman–Crippen MR) is 152 cm³/mol. The minimum absolute atomic E-state index is 0. The molecule has 2 aromatic carbocycles. The first-order valence-electron chi connectivity index (χ1n) is 12.1. The van der Waals surface area contributed by atoms with Crippen molar-refractivity contribution in [2.75, 3.05) is 45.2 Å². The molecule has 1 amide bonds. The standard InChI is InChI=1S/C26H34F2N4O3S2.ClH/c1-17(2)15-31(16-18(3)4)37(34,35)21-9-7-19(8-10-21)25(33)32(12-11-30(5)6)26-29-24-22(28)13-20(27)14-23(24)36-26;/h7-10,13-14,17-18H,11-12,15-16H2,1-6H3;1H. The lowest BCUT2D eigenvalue weighted by molar-refractivity contribution is 0.0985. The number of anilines is 1. The number of nitrogens with zero attached hydrogens (tertiary/aromatic N) is 4. The van der Waals surface area contributed by atoms with E-state index in [1.54, 1.807) is 0 Å². The Labute approximate surface area is 233 Å². The Hall–Kier alpha value is -2.18. The zero-order chi connectivity index (χ0) is 27.5. The van der Waals surface area contributed by atoms with Crippen molar-refractivity contribution in [1.29, 1.82) is 0 Å². The van der Waals surface area contributed by atoms with Gasteiger partial charge in [0, 0.05) is 37.8 Å². The van der Waals surface area contributed by atoms with Crippen molar-refractivity contribution in [3.8, 4) is 0 Å². The van der Waals surface area contributed by atoms with Gasteiger partial charge in [-0.05, 0) is 56.3 Å². The van der Waals surface area contributed by atoms with Crippen LogP contribution in [-0.2, 0) is 10.0 Å². The Morgan fingerprint density at radius 3 is 2.08 bits per heavy atom. The maximum atomic E-state index is 14.3. The highest BCUT2D eigenvalue weighted by Gasteiger charge is 2.27. The van der Waals surface area contributed by atoms with Gasteiger partial charge in [-0.1, -0.05) is 39.0 Å². The largest absolute Gasteiger partial charge is 0.308 e. The lowest BCUT2D eigenvalue weighted by atomic mass is 10.2. The van der Waals surface area contributed by atoms with Crippen molar-refractivity contribution >= 4 is 55.0 Å². The molecule has 0 radical (unpaired) electrons. The molecular formula is C26H35ClF2N4O3S2. The lowest BCUT2D eigenvalue weighted by Crippen LogP contribution is -2.37. The molecule has 0 atom stereocenters. The van der Waals surface area contributed by atoms with E-state index in [1.165, 1.54) is 39.5 Å². The second-order valence-electron chi connectivity index (χ2n) is 10.1. The Balaban J connectivity index is 0.00000507. The van der Waals surface area contributed by atoms with Gasteiger partial charge >= 0.3 is 0 Å². The van der Waals surface area contributed by atoms with Gasteiger partial charge in [0.15, 0.2) is 10.9 Å². The minimum atomic E-state index is -3.74. The van der Waals surface area contributed by atoms with E-state index in [0.29, 0.717) is 24.3 Å². The summed E-state index contributed by atoms with van der Waals surface area (Å²) >= 11 is 1.02. The van der Waals surface area contributed by atoms with Crippen LogP contribution >= 0.6 is 23.7 Å². The highest BCUT2D eigenvalue weighted by molar-refractivity contribution is 7.89. The monoisotopic (exact) mass is 588 g/mol. The number of sulfonamides is 1. The van der Waals surface area contributed by atoms with E-state index < -0.39 is 27.6 Å². The van der Waals surface area contributed by atoms with Crippen LogP contribution < -0.4 is 4.90 Å². The fraction of sp³-hybridized carbons (Fsp3) is 0.462. The number of fused-ring (bicyclic) bond motifs is 1.